The van der Waals surface area contributed by atoms with Gasteiger partial charge in [0.15, 0.2) is 0 Å². The Labute approximate surface area is 314 Å². The number of fused-ring (bicyclic) bond motifs is 4. The molecule has 0 saturated carbocycles. The van der Waals surface area contributed by atoms with Crippen molar-refractivity contribution in [2.75, 3.05) is 4.90 Å². The predicted molar refractivity (Wildman–Crippen MR) is 228 cm³/mol. The minimum Gasteiger partial charge on any atom is -0.456 e. The molecule has 1 heterocycles. The normalized spacial score (nSPS) is 11.3. The van der Waals surface area contributed by atoms with Crippen molar-refractivity contribution in [3.05, 3.63) is 212 Å². The van der Waals surface area contributed by atoms with Gasteiger partial charge in [0.1, 0.15) is 11.2 Å². The highest BCUT2D eigenvalue weighted by Gasteiger charge is 2.21. The van der Waals surface area contributed by atoms with Gasteiger partial charge in [-0.15, -0.1) is 0 Å². The van der Waals surface area contributed by atoms with E-state index < -0.39 is 0 Å². The van der Waals surface area contributed by atoms with E-state index >= 15 is 0 Å². The van der Waals surface area contributed by atoms with Crippen LogP contribution < -0.4 is 4.90 Å². The van der Waals surface area contributed by atoms with Crippen molar-refractivity contribution in [1.29, 1.82) is 0 Å². The SMILES string of the molecule is c1ccc(-c2ccc(-c3ccccc3)c(-c3ccc(N(c4ccc5c(c4)oc4ccccc45)c4ccc5ccccc5c4-c4ccccc4)cc3)c2)cc1. The largest absolute Gasteiger partial charge is 0.456 e. The van der Waals surface area contributed by atoms with Crippen molar-refractivity contribution in [2.24, 2.45) is 0 Å². The zero-order valence-electron chi connectivity index (χ0n) is 29.6. The van der Waals surface area contributed by atoms with Gasteiger partial charge in [0.2, 0.25) is 0 Å². The Morgan fingerprint density at radius 3 is 1.65 bits per heavy atom. The van der Waals surface area contributed by atoms with E-state index in [2.05, 4.69) is 205 Å². The summed E-state index contributed by atoms with van der Waals surface area (Å²) in [5, 5.41) is 4.64. The van der Waals surface area contributed by atoms with Crippen LogP contribution in [0.5, 0.6) is 0 Å². The lowest BCUT2D eigenvalue weighted by molar-refractivity contribution is 0.669. The van der Waals surface area contributed by atoms with Gasteiger partial charge in [-0.1, -0.05) is 164 Å². The Bertz CT molecular complexity index is 2910. The maximum Gasteiger partial charge on any atom is 0.137 e. The monoisotopic (exact) mass is 689 g/mol. The van der Waals surface area contributed by atoms with Gasteiger partial charge in [-0.3, -0.25) is 0 Å². The number of hydrogen-bond acceptors (Lipinski definition) is 2. The summed E-state index contributed by atoms with van der Waals surface area (Å²) in [6.45, 7) is 0. The quantitative estimate of drug-likeness (QED) is 0.166. The van der Waals surface area contributed by atoms with Crippen LogP contribution in [0.25, 0.3) is 77.2 Å². The molecule has 0 aliphatic rings. The summed E-state index contributed by atoms with van der Waals surface area (Å²) in [7, 11) is 0. The van der Waals surface area contributed by atoms with Gasteiger partial charge in [0.05, 0.1) is 5.69 Å². The Morgan fingerprint density at radius 2 is 0.889 bits per heavy atom. The summed E-state index contributed by atoms with van der Waals surface area (Å²) in [5.41, 5.74) is 14.4. The lowest BCUT2D eigenvalue weighted by Gasteiger charge is -2.29. The maximum absolute atomic E-state index is 6.45. The average molecular weight is 690 g/mol. The van der Waals surface area contributed by atoms with Crippen molar-refractivity contribution in [1.82, 2.24) is 0 Å². The first-order valence-corrected chi connectivity index (χ1v) is 18.4. The van der Waals surface area contributed by atoms with E-state index in [1.165, 1.54) is 49.7 Å². The maximum atomic E-state index is 6.45. The number of rotatable bonds is 7. The molecule has 0 aliphatic carbocycles. The van der Waals surface area contributed by atoms with Crippen LogP contribution in [-0.2, 0) is 0 Å². The van der Waals surface area contributed by atoms with E-state index in [0.717, 1.165) is 44.6 Å². The molecule has 254 valence electrons. The molecule has 1 aromatic heterocycles. The van der Waals surface area contributed by atoms with Crippen LogP contribution in [0.2, 0.25) is 0 Å². The molecule has 0 radical (unpaired) electrons. The summed E-state index contributed by atoms with van der Waals surface area (Å²) < 4.78 is 6.45. The molecule has 2 heteroatoms. The third-order valence-electron chi connectivity index (χ3n) is 10.5. The molecule has 0 spiro atoms. The Balaban J connectivity index is 1.18. The van der Waals surface area contributed by atoms with Crippen LogP contribution in [0.4, 0.5) is 17.1 Å². The molecule has 9 aromatic carbocycles. The molecule has 10 rings (SSSR count). The third-order valence-corrected chi connectivity index (χ3v) is 10.5. The highest BCUT2D eigenvalue weighted by Crippen LogP contribution is 2.46. The lowest BCUT2D eigenvalue weighted by Crippen LogP contribution is -2.11. The molecule has 0 aliphatic heterocycles. The van der Waals surface area contributed by atoms with E-state index in [4.69, 9.17) is 4.42 Å². The summed E-state index contributed by atoms with van der Waals surface area (Å²) >= 11 is 0. The van der Waals surface area contributed by atoms with Crippen molar-refractivity contribution >= 4 is 49.8 Å². The van der Waals surface area contributed by atoms with E-state index in [1.54, 1.807) is 0 Å². The van der Waals surface area contributed by atoms with Gasteiger partial charge in [-0.25, -0.2) is 0 Å². The average Bonchev–Trinajstić information content (AvgIpc) is 3.63. The first kappa shape index (κ1) is 31.6. The summed E-state index contributed by atoms with van der Waals surface area (Å²) in [4.78, 5) is 2.38. The Kier molecular flexibility index (Phi) is 7.85. The Hall–Kier alpha value is -7.16. The van der Waals surface area contributed by atoms with Gasteiger partial charge in [-0.2, -0.15) is 0 Å². The van der Waals surface area contributed by atoms with Gasteiger partial charge in [-0.05, 0) is 92.2 Å². The predicted octanol–water partition coefficient (Wildman–Crippen LogP) is 14.9. The third kappa shape index (κ3) is 5.62. The molecular formula is C52H35NO. The van der Waals surface area contributed by atoms with Crippen molar-refractivity contribution in [3.63, 3.8) is 0 Å². The molecule has 0 N–H and O–H groups in total. The molecule has 0 fully saturated rings. The van der Waals surface area contributed by atoms with Crippen LogP contribution in [0, 0.1) is 0 Å². The zero-order chi connectivity index (χ0) is 35.8. The number of para-hydroxylation sites is 1. The van der Waals surface area contributed by atoms with Crippen LogP contribution >= 0.6 is 0 Å². The van der Waals surface area contributed by atoms with Crippen molar-refractivity contribution in [3.8, 4) is 44.5 Å². The van der Waals surface area contributed by atoms with Crippen molar-refractivity contribution < 1.29 is 4.42 Å². The summed E-state index contributed by atoms with van der Waals surface area (Å²) in [6, 6.07) is 75.9. The van der Waals surface area contributed by atoms with Crippen LogP contribution in [0.1, 0.15) is 0 Å². The molecule has 0 saturated heterocycles. The first-order valence-electron chi connectivity index (χ1n) is 18.4. The molecule has 54 heavy (non-hydrogen) atoms. The standard InChI is InChI=1S/C52H35NO/c1-4-14-36(15-5-1)41-26-31-44(37-16-6-2-7-17-37)48(34-41)39-24-28-42(29-25-39)53(43-30-32-47-46-22-12-13-23-50(46)54-51(47)35-43)49-33-27-38-18-10-11-21-45(38)52(49)40-19-8-3-9-20-40/h1-35H. The Morgan fingerprint density at radius 1 is 0.315 bits per heavy atom. The number of furan rings is 1. The molecule has 2 nitrogen and oxygen atoms in total. The zero-order valence-corrected chi connectivity index (χ0v) is 29.6. The van der Waals surface area contributed by atoms with Gasteiger partial charge < -0.3 is 9.32 Å². The smallest absolute Gasteiger partial charge is 0.137 e. The van der Waals surface area contributed by atoms with E-state index in [9.17, 15) is 0 Å². The first-order chi connectivity index (χ1) is 26.8. The van der Waals surface area contributed by atoms with Crippen LogP contribution in [-0.4, -0.2) is 0 Å². The van der Waals surface area contributed by atoms with Crippen LogP contribution in [0.3, 0.4) is 0 Å². The van der Waals surface area contributed by atoms with Crippen LogP contribution in [0.15, 0.2) is 217 Å². The summed E-state index contributed by atoms with van der Waals surface area (Å²) in [6.07, 6.45) is 0. The fourth-order valence-corrected chi connectivity index (χ4v) is 7.89. The fraction of sp³-hybridized carbons (Fsp3) is 0. The number of hydrogen-bond donors (Lipinski definition) is 0. The molecular weight excluding hydrogens is 655 g/mol. The minimum absolute atomic E-state index is 0.864. The van der Waals surface area contributed by atoms with Crippen molar-refractivity contribution in [2.45, 2.75) is 0 Å². The van der Waals surface area contributed by atoms with Gasteiger partial charge in [0.25, 0.3) is 0 Å². The second kappa shape index (κ2) is 13.4. The highest BCUT2D eigenvalue weighted by atomic mass is 16.3. The number of benzene rings is 9. The molecule has 0 atom stereocenters. The number of nitrogens with zero attached hydrogens (tertiary/aromatic N) is 1. The number of anilines is 3. The molecule has 0 unspecified atom stereocenters. The topological polar surface area (TPSA) is 16.4 Å². The molecule has 0 amide bonds. The molecule has 0 bridgehead atoms. The second-order valence-corrected chi connectivity index (χ2v) is 13.7. The lowest BCUT2D eigenvalue weighted by atomic mass is 9.91. The van der Waals surface area contributed by atoms with Gasteiger partial charge >= 0.3 is 0 Å². The summed E-state index contributed by atoms with van der Waals surface area (Å²) in [5.74, 6) is 0. The molecule has 10 aromatic rings. The second-order valence-electron chi connectivity index (χ2n) is 13.7. The fourth-order valence-electron chi connectivity index (χ4n) is 7.89. The van der Waals surface area contributed by atoms with E-state index in [1.807, 2.05) is 12.1 Å². The van der Waals surface area contributed by atoms with E-state index in [-0.39, 0.29) is 0 Å². The highest BCUT2D eigenvalue weighted by molar-refractivity contribution is 6.08. The van der Waals surface area contributed by atoms with E-state index in [0.29, 0.717) is 0 Å². The van der Waals surface area contributed by atoms with Gasteiger partial charge in [0, 0.05) is 33.8 Å². The minimum atomic E-state index is 0.864.